The molecule has 0 aromatic rings. The van der Waals surface area contributed by atoms with E-state index >= 15 is 0 Å². The van der Waals surface area contributed by atoms with Gasteiger partial charge < -0.3 is 4.43 Å². The van der Waals surface area contributed by atoms with Crippen molar-refractivity contribution in [1.29, 1.82) is 0 Å². The summed E-state index contributed by atoms with van der Waals surface area (Å²) in [6, 6.07) is 0.563. The molecule has 4 nitrogen and oxygen atoms in total. The van der Waals surface area contributed by atoms with E-state index in [2.05, 4.69) is 42.6 Å². The molecule has 1 rings (SSSR count). The van der Waals surface area contributed by atoms with Crippen LogP contribution in [-0.4, -0.2) is 34.5 Å². The molecule has 0 heterocycles. The molecule has 0 bridgehead atoms. The van der Waals surface area contributed by atoms with Crippen LogP contribution in [0.15, 0.2) is 0 Å². The zero-order chi connectivity index (χ0) is 13.8. The molecule has 0 spiro atoms. The highest BCUT2D eigenvalue weighted by atomic mass is 28.4. The number of hydrogen-bond donors (Lipinski definition) is 3. The van der Waals surface area contributed by atoms with Crippen molar-refractivity contribution in [3.8, 4) is 0 Å². The SMILES string of the molecule is CN[Si](NC)(NC1CCCCC1C)OC(C)(C)C. The van der Waals surface area contributed by atoms with Crippen molar-refractivity contribution in [3.63, 3.8) is 0 Å². The Morgan fingerprint density at radius 1 is 1.06 bits per heavy atom. The van der Waals surface area contributed by atoms with Crippen LogP contribution in [0, 0.1) is 5.92 Å². The zero-order valence-corrected chi connectivity index (χ0v) is 13.9. The minimum atomic E-state index is -2.26. The zero-order valence-electron chi connectivity index (χ0n) is 12.9. The van der Waals surface area contributed by atoms with Gasteiger partial charge in [-0.1, -0.05) is 19.8 Å². The number of hydrogen-bond acceptors (Lipinski definition) is 4. The van der Waals surface area contributed by atoms with E-state index in [9.17, 15) is 0 Å². The summed E-state index contributed by atoms with van der Waals surface area (Å²) in [5, 5.41) is 0. The van der Waals surface area contributed by atoms with Crippen molar-refractivity contribution in [2.75, 3.05) is 14.1 Å². The molecule has 1 fully saturated rings. The molecule has 0 radical (unpaired) electrons. The molecule has 2 atom stereocenters. The topological polar surface area (TPSA) is 45.3 Å². The first-order chi connectivity index (χ1) is 8.32. The van der Waals surface area contributed by atoms with E-state index in [4.69, 9.17) is 4.43 Å². The van der Waals surface area contributed by atoms with Gasteiger partial charge in [0.2, 0.25) is 0 Å². The fourth-order valence-electron chi connectivity index (χ4n) is 2.65. The van der Waals surface area contributed by atoms with Crippen LogP contribution in [0.4, 0.5) is 0 Å². The summed E-state index contributed by atoms with van der Waals surface area (Å²) in [6.07, 6.45) is 5.28. The highest BCUT2D eigenvalue weighted by Gasteiger charge is 2.41. The van der Waals surface area contributed by atoms with Gasteiger partial charge >= 0.3 is 8.80 Å². The average Bonchev–Trinajstić information content (AvgIpc) is 2.29. The fourth-order valence-corrected chi connectivity index (χ4v) is 5.32. The fraction of sp³-hybridized carbons (Fsp3) is 1.00. The van der Waals surface area contributed by atoms with Crippen LogP contribution in [0.5, 0.6) is 0 Å². The molecule has 1 saturated carbocycles. The third kappa shape index (κ3) is 4.62. The molecule has 0 amide bonds. The summed E-state index contributed by atoms with van der Waals surface area (Å²) in [5.74, 6) is 0.732. The monoisotopic (exact) mass is 273 g/mol. The van der Waals surface area contributed by atoms with Crippen molar-refractivity contribution >= 4 is 8.80 Å². The van der Waals surface area contributed by atoms with E-state index in [1.54, 1.807) is 0 Å². The molecule has 1 aliphatic carbocycles. The lowest BCUT2D eigenvalue weighted by atomic mass is 9.87. The molecule has 18 heavy (non-hydrogen) atoms. The minimum Gasteiger partial charge on any atom is -0.375 e. The average molecular weight is 273 g/mol. The highest BCUT2D eigenvalue weighted by Crippen LogP contribution is 2.25. The molecular weight excluding hydrogens is 242 g/mol. The molecule has 0 aromatic heterocycles. The molecule has 0 aromatic carbocycles. The van der Waals surface area contributed by atoms with Crippen LogP contribution in [0.25, 0.3) is 0 Å². The Bertz CT molecular complexity index is 251. The van der Waals surface area contributed by atoms with Crippen LogP contribution in [0.1, 0.15) is 53.4 Å². The van der Waals surface area contributed by atoms with Gasteiger partial charge in [-0.15, -0.1) is 0 Å². The standard InChI is InChI=1S/C13H31N3OSi/c1-11-9-7-8-10-12(11)16-18(14-5,15-6)17-13(2,3)4/h11-12,14-16H,7-10H2,1-6H3. The molecule has 2 unspecified atom stereocenters. The lowest BCUT2D eigenvalue weighted by Crippen LogP contribution is -2.76. The lowest BCUT2D eigenvalue weighted by Gasteiger charge is -2.41. The van der Waals surface area contributed by atoms with Crippen molar-refractivity contribution in [1.82, 2.24) is 14.9 Å². The maximum Gasteiger partial charge on any atom is 0.440 e. The molecule has 108 valence electrons. The van der Waals surface area contributed by atoms with E-state index in [1.807, 2.05) is 14.1 Å². The maximum absolute atomic E-state index is 6.28. The Morgan fingerprint density at radius 2 is 1.61 bits per heavy atom. The van der Waals surface area contributed by atoms with Crippen LogP contribution in [-0.2, 0) is 4.43 Å². The van der Waals surface area contributed by atoms with Gasteiger partial charge in [0.05, 0.1) is 5.60 Å². The van der Waals surface area contributed by atoms with Crippen molar-refractivity contribution < 1.29 is 4.43 Å². The summed E-state index contributed by atoms with van der Waals surface area (Å²) < 4.78 is 6.28. The second kappa shape index (κ2) is 6.48. The van der Waals surface area contributed by atoms with Gasteiger partial charge in [-0.3, -0.25) is 14.9 Å². The predicted molar refractivity (Wildman–Crippen MR) is 79.3 cm³/mol. The Hall–Kier alpha value is 0.0569. The van der Waals surface area contributed by atoms with Gasteiger partial charge in [-0.05, 0) is 53.6 Å². The second-order valence-corrected chi connectivity index (χ2v) is 9.26. The van der Waals surface area contributed by atoms with Gasteiger partial charge in [0.25, 0.3) is 0 Å². The smallest absolute Gasteiger partial charge is 0.375 e. The highest BCUT2D eigenvalue weighted by molar-refractivity contribution is 6.66. The van der Waals surface area contributed by atoms with Crippen LogP contribution < -0.4 is 14.9 Å². The Morgan fingerprint density at radius 3 is 2.06 bits per heavy atom. The first-order valence-electron chi connectivity index (χ1n) is 7.17. The van der Waals surface area contributed by atoms with E-state index < -0.39 is 8.80 Å². The third-order valence-electron chi connectivity index (χ3n) is 3.66. The first-order valence-corrected chi connectivity index (χ1v) is 9.08. The molecule has 0 saturated heterocycles. The molecule has 3 N–H and O–H groups in total. The van der Waals surface area contributed by atoms with Crippen molar-refractivity contribution in [2.24, 2.45) is 5.92 Å². The maximum atomic E-state index is 6.28. The van der Waals surface area contributed by atoms with E-state index in [0.29, 0.717) is 6.04 Å². The van der Waals surface area contributed by atoms with Crippen molar-refractivity contribution in [2.45, 2.75) is 65.0 Å². The third-order valence-corrected chi connectivity index (χ3v) is 6.77. The van der Waals surface area contributed by atoms with Gasteiger partial charge in [0, 0.05) is 6.04 Å². The van der Waals surface area contributed by atoms with E-state index in [0.717, 1.165) is 5.92 Å². The van der Waals surface area contributed by atoms with Crippen LogP contribution >= 0.6 is 0 Å². The predicted octanol–water partition coefficient (Wildman–Crippen LogP) is 1.84. The Labute approximate surface area is 114 Å². The van der Waals surface area contributed by atoms with Crippen LogP contribution in [0.2, 0.25) is 0 Å². The molecule has 1 aliphatic rings. The largest absolute Gasteiger partial charge is 0.440 e. The lowest BCUT2D eigenvalue weighted by molar-refractivity contribution is 0.0975. The molecule has 0 aliphatic heterocycles. The summed E-state index contributed by atoms with van der Waals surface area (Å²) in [6.45, 7) is 8.67. The Balaban J connectivity index is 2.71. The first kappa shape index (κ1) is 16.1. The molecular formula is C13H31N3OSi. The normalized spacial score (nSPS) is 26.3. The summed E-state index contributed by atoms with van der Waals surface area (Å²) >= 11 is 0. The summed E-state index contributed by atoms with van der Waals surface area (Å²) in [4.78, 5) is 10.5. The van der Waals surface area contributed by atoms with Gasteiger partial charge in [-0.2, -0.15) is 0 Å². The quantitative estimate of drug-likeness (QED) is 0.669. The number of rotatable bonds is 5. The van der Waals surface area contributed by atoms with Gasteiger partial charge in [0.1, 0.15) is 0 Å². The minimum absolute atomic E-state index is 0.150. The van der Waals surface area contributed by atoms with Gasteiger partial charge in [0.15, 0.2) is 0 Å². The number of nitrogens with one attached hydrogen (secondary N) is 3. The summed E-state index contributed by atoms with van der Waals surface area (Å²) in [5.41, 5.74) is -0.150. The second-order valence-electron chi connectivity index (χ2n) is 6.41. The van der Waals surface area contributed by atoms with Crippen molar-refractivity contribution in [3.05, 3.63) is 0 Å². The van der Waals surface area contributed by atoms with E-state index in [-0.39, 0.29) is 5.60 Å². The van der Waals surface area contributed by atoms with E-state index in [1.165, 1.54) is 25.7 Å². The molecule has 5 heteroatoms. The van der Waals surface area contributed by atoms with Gasteiger partial charge in [-0.25, -0.2) is 0 Å². The Kier molecular flexibility index (Phi) is 5.80. The van der Waals surface area contributed by atoms with Crippen LogP contribution in [0.3, 0.4) is 0 Å². The summed E-state index contributed by atoms with van der Waals surface area (Å²) in [7, 11) is 1.70.